The Labute approximate surface area is 149 Å². The van der Waals surface area contributed by atoms with Crippen molar-refractivity contribution in [3.63, 3.8) is 0 Å². The standard InChI is InChI=1S/C16H25N3O3S2/c1-13(14-3-5-15(6-4-14)24(2,20)21)18-16(23)17-7-8-19-9-11-22-12-10-19/h3-6,13H,7-12H2,1-2H3,(H2,17,18,23)/p+1/t13-/m0/s1. The number of ether oxygens (including phenoxy) is 1. The van der Waals surface area contributed by atoms with Gasteiger partial charge in [-0.15, -0.1) is 0 Å². The van der Waals surface area contributed by atoms with E-state index in [9.17, 15) is 8.42 Å². The second-order valence-electron chi connectivity index (χ2n) is 6.08. The predicted octanol–water partition coefficient (Wildman–Crippen LogP) is -0.470. The molecule has 24 heavy (non-hydrogen) atoms. The van der Waals surface area contributed by atoms with Crippen LogP contribution >= 0.6 is 12.2 Å². The molecule has 3 N–H and O–H groups in total. The Bertz CT molecular complexity index is 641. The Kier molecular flexibility index (Phi) is 6.97. The minimum atomic E-state index is -3.16. The highest BCUT2D eigenvalue weighted by Gasteiger charge is 2.14. The molecule has 134 valence electrons. The van der Waals surface area contributed by atoms with E-state index < -0.39 is 9.84 Å². The number of quaternary nitrogens is 1. The first-order valence-corrected chi connectivity index (χ1v) is 10.4. The van der Waals surface area contributed by atoms with Crippen molar-refractivity contribution in [2.75, 3.05) is 45.6 Å². The van der Waals surface area contributed by atoms with Gasteiger partial charge in [0.25, 0.3) is 0 Å². The van der Waals surface area contributed by atoms with Gasteiger partial charge in [0.1, 0.15) is 13.1 Å². The SMILES string of the molecule is C[C@H](NC(=S)NCC[NH+]1CCOCC1)c1ccc(S(C)(=O)=O)cc1. The summed E-state index contributed by atoms with van der Waals surface area (Å²) >= 11 is 5.33. The molecule has 1 saturated heterocycles. The van der Waals surface area contributed by atoms with Gasteiger partial charge in [-0.3, -0.25) is 0 Å². The van der Waals surface area contributed by atoms with Crippen LogP contribution in [-0.4, -0.2) is 59.2 Å². The summed E-state index contributed by atoms with van der Waals surface area (Å²) in [5.74, 6) is 0. The van der Waals surface area contributed by atoms with Crippen LogP contribution in [-0.2, 0) is 14.6 Å². The molecule has 0 aliphatic carbocycles. The maximum atomic E-state index is 11.5. The van der Waals surface area contributed by atoms with E-state index in [1.54, 1.807) is 12.1 Å². The Morgan fingerprint density at radius 3 is 2.50 bits per heavy atom. The molecule has 1 fully saturated rings. The van der Waals surface area contributed by atoms with Gasteiger partial charge in [-0.25, -0.2) is 8.42 Å². The minimum Gasteiger partial charge on any atom is -0.370 e. The maximum Gasteiger partial charge on any atom is 0.175 e. The molecule has 6 nitrogen and oxygen atoms in total. The average Bonchev–Trinajstić information content (AvgIpc) is 2.55. The molecule has 1 aromatic carbocycles. The summed E-state index contributed by atoms with van der Waals surface area (Å²) in [6, 6.07) is 6.89. The second kappa shape index (κ2) is 8.75. The molecule has 1 atom stereocenters. The first-order valence-electron chi connectivity index (χ1n) is 8.12. The topological polar surface area (TPSA) is 71.9 Å². The molecular formula is C16H26N3O3S2+. The van der Waals surface area contributed by atoms with Crippen molar-refractivity contribution in [3.8, 4) is 0 Å². The number of thiocarbonyl (C=S) groups is 1. The zero-order valence-corrected chi connectivity index (χ0v) is 15.8. The molecule has 0 saturated carbocycles. The van der Waals surface area contributed by atoms with Crippen LogP contribution in [0.3, 0.4) is 0 Å². The molecule has 0 amide bonds. The number of nitrogens with one attached hydrogen (secondary N) is 3. The number of benzene rings is 1. The summed E-state index contributed by atoms with van der Waals surface area (Å²) in [5, 5.41) is 7.07. The first-order chi connectivity index (χ1) is 11.4. The summed E-state index contributed by atoms with van der Waals surface area (Å²) in [6.07, 6.45) is 1.21. The third-order valence-corrected chi connectivity index (χ3v) is 5.51. The Hall–Kier alpha value is -1.22. The van der Waals surface area contributed by atoms with Crippen molar-refractivity contribution in [2.45, 2.75) is 17.9 Å². The van der Waals surface area contributed by atoms with Gasteiger partial charge in [0, 0.05) is 6.26 Å². The van der Waals surface area contributed by atoms with Crippen LogP contribution in [0.4, 0.5) is 0 Å². The molecule has 1 aliphatic heterocycles. The van der Waals surface area contributed by atoms with Gasteiger partial charge in [-0.2, -0.15) is 0 Å². The van der Waals surface area contributed by atoms with Gasteiger partial charge < -0.3 is 20.3 Å². The summed E-state index contributed by atoms with van der Waals surface area (Å²) in [7, 11) is -3.16. The fourth-order valence-corrected chi connectivity index (χ4v) is 3.51. The molecule has 0 radical (unpaired) electrons. The number of sulfone groups is 1. The lowest BCUT2D eigenvalue weighted by Crippen LogP contribution is -3.14. The number of hydrogen-bond acceptors (Lipinski definition) is 4. The van der Waals surface area contributed by atoms with E-state index >= 15 is 0 Å². The van der Waals surface area contributed by atoms with Gasteiger partial charge in [0.2, 0.25) is 0 Å². The molecule has 1 aromatic rings. The monoisotopic (exact) mass is 372 g/mol. The number of morpholine rings is 1. The fraction of sp³-hybridized carbons (Fsp3) is 0.562. The van der Waals surface area contributed by atoms with Gasteiger partial charge >= 0.3 is 0 Å². The lowest BCUT2D eigenvalue weighted by Gasteiger charge is -2.24. The molecule has 0 spiro atoms. The minimum absolute atomic E-state index is 0.00865. The van der Waals surface area contributed by atoms with Gasteiger partial charge in [-0.1, -0.05) is 12.1 Å². The predicted molar refractivity (Wildman–Crippen MR) is 98.1 cm³/mol. The Balaban J connectivity index is 1.76. The van der Waals surface area contributed by atoms with Crippen LogP contribution < -0.4 is 15.5 Å². The summed E-state index contributed by atoms with van der Waals surface area (Å²) in [4.78, 5) is 1.86. The van der Waals surface area contributed by atoms with Gasteiger partial charge in [-0.05, 0) is 36.8 Å². The highest BCUT2D eigenvalue weighted by molar-refractivity contribution is 7.90. The zero-order valence-electron chi connectivity index (χ0n) is 14.2. The van der Waals surface area contributed by atoms with Crippen LogP contribution in [0.25, 0.3) is 0 Å². The Morgan fingerprint density at radius 2 is 1.92 bits per heavy atom. The van der Waals surface area contributed by atoms with E-state index in [4.69, 9.17) is 17.0 Å². The molecule has 8 heteroatoms. The second-order valence-corrected chi connectivity index (χ2v) is 8.50. The number of rotatable bonds is 6. The van der Waals surface area contributed by atoms with Gasteiger partial charge in [0.15, 0.2) is 14.9 Å². The quantitative estimate of drug-likeness (QED) is 0.587. The number of hydrogen-bond donors (Lipinski definition) is 3. The van der Waals surface area contributed by atoms with Crippen LogP contribution in [0.5, 0.6) is 0 Å². The van der Waals surface area contributed by atoms with Crippen molar-refractivity contribution in [3.05, 3.63) is 29.8 Å². The molecule has 1 heterocycles. The lowest BCUT2D eigenvalue weighted by molar-refractivity contribution is -0.906. The van der Waals surface area contributed by atoms with Crippen LogP contribution in [0.15, 0.2) is 29.2 Å². The largest absolute Gasteiger partial charge is 0.370 e. The third kappa shape index (κ3) is 6.01. The lowest BCUT2D eigenvalue weighted by atomic mass is 10.1. The third-order valence-electron chi connectivity index (χ3n) is 4.12. The normalized spacial score (nSPS) is 17.2. The first kappa shape index (κ1) is 19.1. The molecule has 0 aromatic heterocycles. The molecule has 0 bridgehead atoms. The maximum absolute atomic E-state index is 11.5. The van der Waals surface area contributed by atoms with E-state index in [2.05, 4.69) is 10.6 Å². The van der Waals surface area contributed by atoms with Crippen LogP contribution in [0.2, 0.25) is 0 Å². The van der Waals surface area contributed by atoms with E-state index in [0.29, 0.717) is 10.0 Å². The molecule has 0 unspecified atom stereocenters. The van der Waals surface area contributed by atoms with Crippen LogP contribution in [0.1, 0.15) is 18.5 Å². The van der Waals surface area contributed by atoms with Crippen molar-refractivity contribution in [1.29, 1.82) is 0 Å². The fourth-order valence-electron chi connectivity index (χ4n) is 2.60. The highest BCUT2D eigenvalue weighted by Crippen LogP contribution is 2.16. The molecular weight excluding hydrogens is 346 g/mol. The summed E-state index contributed by atoms with van der Waals surface area (Å²) < 4.78 is 28.3. The van der Waals surface area contributed by atoms with Crippen LogP contribution in [0, 0.1) is 0 Å². The van der Waals surface area contributed by atoms with Crippen molar-refractivity contribution in [1.82, 2.24) is 10.6 Å². The summed E-state index contributed by atoms with van der Waals surface area (Å²) in [6.45, 7) is 7.59. The zero-order chi connectivity index (χ0) is 17.6. The van der Waals surface area contributed by atoms with E-state index in [1.807, 2.05) is 19.1 Å². The van der Waals surface area contributed by atoms with Crippen molar-refractivity contribution < 1.29 is 18.1 Å². The Morgan fingerprint density at radius 1 is 1.29 bits per heavy atom. The van der Waals surface area contributed by atoms with E-state index in [-0.39, 0.29) is 6.04 Å². The van der Waals surface area contributed by atoms with Gasteiger partial charge in [0.05, 0.1) is 37.2 Å². The summed E-state index contributed by atoms with van der Waals surface area (Å²) in [5.41, 5.74) is 0.991. The molecule has 2 rings (SSSR count). The van der Waals surface area contributed by atoms with E-state index in [1.165, 1.54) is 11.2 Å². The molecule has 1 aliphatic rings. The smallest absolute Gasteiger partial charge is 0.175 e. The van der Waals surface area contributed by atoms with E-state index in [0.717, 1.165) is 45.0 Å². The van der Waals surface area contributed by atoms with Crippen molar-refractivity contribution >= 4 is 27.2 Å². The average molecular weight is 373 g/mol. The highest BCUT2D eigenvalue weighted by atomic mass is 32.2. The van der Waals surface area contributed by atoms with Crippen molar-refractivity contribution in [2.24, 2.45) is 0 Å².